The highest BCUT2D eigenvalue weighted by Gasteiger charge is 2.36. The predicted molar refractivity (Wildman–Crippen MR) is 68.3 cm³/mol. The fraction of sp³-hybridized carbons (Fsp3) is 0.455. The first kappa shape index (κ1) is 12.7. The first-order valence-corrected chi connectivity index (χ1v) is 7.49. The Morgan fingerprint density at radius 3 is 2.71 bits per heavy atom. The van der Waals surface area contributed by atoms with Gasteiger partial charge >= 0.3 is 0 Å². The Morgan fingerprint density at radius 2 is 2.12 bits per heavy atom. The van der Waals surface area contributed by atoms with Crippen LogP contribution in [0.2, 0.25) is 5.02 Å². The van der Waals surface area contributed by atoms with Crippen LogP contribution in [0.1, 0.15) is 5.56 Å². The molecule has 0 radical (unpaired) electrons. The second kappa shape index (κ2) is 4.48. The van der Waals surface area contributed by atoms with E-state index in [2.05, 4.69) is 5.32 Å². The molecule has 6 heteroatoms. The molecule has 0 saturated carbocycles. The van der Waals surface area contributed by atoms with Crippen LogP contribution in [0.3, 0.4) is 0 Å². The maximum Gasteiger partial charge on any atom is 0.155 e. The van der Waals surface area contributed by atoms with E-state index in [0.717, 1.165) is 11.3 Å². The molecular formula is C11H14ClNO3S. The van der Waals surface area contributed by atoms with Crippen molar-refractivity contribution in [1.82, 2.24) is 0 Å². The zero-order chi connectivity index (χ0) is 12.6. The van der Waals surface area contributed by atoms with Gasteiger partial charge in [-0.3, -0.25) is 0 Å². The lowest BCUT2D eigenvalue weighted by molar-refractivity contribution is 0.190. The standard InChI is InChI=1S/C11H14ClNO3S/c1-7-8(12)3-2-4-9(7)13-10-5-17(15,16)6-11(10)14/h2-4,10-11,13-14H,5-6H2,1H3. The third-order valence-corrected chi connectivity index (χ3v) is 5.06. The predicted octanol–water partition coefficient (Wildman–Crippen LogP) is 1.22. The summed E-state index contributed by atoms with van der Waals surface area (Å²) < 4.78 is 22.7. The second-order valence-corrected chi connectivity index (χ2v) is 6.87. The van der Waals surface area contributed by atoms with E-state index in [0.29, 0.717) is 5.02 Å². The number of hydrogen-bond donors (Lipinski definition) is 2. The van der Waals surface area contributed by atoms with E-state index < -0.39 is 22.0 Å². The summed E-state index contributed by atoms with van der Waals surface area (Å²) in [4.78, 5) is 0. The van der Waals surface area contributed by atoms with Crippen LogP contribution >= 0.6 is 11.6 Å². The van der Waals surface area contributed by atoms with Crippen LogP contribution < -0.4 is 5.32 Å². The van der Waals surface area contributed by atoms with Crippen molar-refractivity contribution in [1.29, 1.82) is 0 Å². The number of hydrogen-bond acceptors (Lipinski definition) is 4. The van der Waals surface area contributed by atoms with Gasteiger partial charge in [-0.1, -0.05) is 17.7 Å². The van der Waals surface area contributed by atoms with Crippen LogP contribution in [-0.2, 0) is 9.84 Å². The molecule has 1 heterocycles. The van der Waals surface area contributed by atoms with Crippen molar-refractivity contribution >= 4 is 27.1 Å². The van der Waals surface area contributed by atoms with Gasteiger partial charge in [0.05, 0.1) is 23.7 Å². The maximum absolute atomic E-state index is 11.4. The van der Waals surface area contributed by atoms with Gasteiger partial charge in [0.1, 0.15) is 0 Å². The quantitative estimate of drug-likeness (QED) is 0.852. The van der Waals surface area contributed by atoms with Crippen LogP contribution in [-0.4, -0.2) is 37.2 Å². The third-order valence-electron chi connectivity index (χ3n) is 2.93. The Bertz CT molecular complexity index is 530. The van der Waals surface area contributed by atoms with Crippen LogP contribution in [0, 0.1) is 6.92 Å². The summed E-state index contributed by atoms with van der Waals surface area (Å²) in [6, 6.07) is 4.91. The molecule has 2 rings (SSSR count). The van der Waals surface area contributed by atoms with Gasteiger partial charge in [0.15, 0.2) is 9.84 Å². The number of aliphatic hydroxyl groups excluding tert-OH is 1. The molecule has 1 fully saturated rings. The largest absolute Gasteiger partial charge is 0.390 e. The summed E-state index contributed by atoms with van der Waals surface area (Å²) in [6.07, 6.45) is -0.863. The number of anilines is 1. The van der Waals surface area contributed by atoms with Crippen molar-refractivity contribution < 1.29 is 13.5 Å². The molecule has 0 aliphatic carbocycles. The van der Waals surface area contributed by atoms with Gasteiger partial charge in [0.25, 0.3) is 0 Å². The van der Waals surface area contributed by atoms with Crippen LogP contribution in [0.5, 0.6) is 0 Å². The molecule has 2 unspecified atom stereocenters. The van der Waals surface area contributed by atoms with E-state index >= 15 is 0 Å². The van der Waals surface area contributed by atoms with Crippen molar-refractivity contribution in [3.63, 3.8) is 0 Å². The molecule has 2 atom stereocenters. The third kappa shape index (κ3) is 2.73. The minimum atomic E-state index is -3.13. The SMILES string of the molecule is Cc1c(Cl)cccc1NC1CS(=O)(=O)CC1O. The second-order valence-electron chi connectivity index (χ2n) is 4.31. The molecule has 0 bridgehead atoms. The molecule has 1 aromatic carbocycles. The van der Waals surface area contributed by atoms with Gasteiger partial charge < -0.3 is 10.4 Å². The van der Waals surface area contributed by atoms with Gasteiger partial charge in [-0.25, -0.2) is 8.42 Å². The van der Waals surface area contributed by atoms with Gasteiger partial charge in [0.2, 0.25) is 0 Å². The van der Waals surface area contributed by atoms with Gasteiger partial charge in [0, 0.05) is 10.7 Å². The molecule has 0 aromatic heterocycles. The first-order valence-electron chi connectivity index (χ1n) is 5.29. The van der Waals surface area contributed by atoms with Crippen molar-refractivity contribution in [2.24, 2.45) is 0 Å². The molecule has 4 nitrogen and oxygen atoms in total. The van der Waals surface area contributed by atoms with Gasteiger partial charge in [-0.15, -0.1) is 0 Å². The summed E-state index contributed by atoms with van der Waals surface area (Å²) in [5, 5.41) is 13.3. The van der Waals surface area contributed by atoms with E-state index in [-0.39, 0.29) is 11.5 Å². The Hall–Kier alpha value is -0.780. The van der Waals surface area contributed by atoms with Crippen LogP contribution in [0.25, 0.3) is 0 Å². The summed E-state index contributed by atoms with van der Waals surface area (Å²) in [7, 11) is -3.13. The van der Waals surface area contributed by atoms with E-state index in [1.54, 1.807) is 12.1 Å². The summed E-state index contributed by atoms with van der Waals surface area (Å²) in [6.45, 7) is 1.85. The molecular weight excluding hydrogens is 262 g/mol. The average molecular weight is 276 g/mol. The lowest BCUT2D eigenvalue weighted by Crippen LogP contribution is -2.32. The zero-order valence-electron chi connectivity index (χ0n) is 9.35. The number of benzene rings is 1. The van der Waals surface area contributed by atoms with Crippen molar-refractivity contribution in [2.45, 2.75) is 19.1 Å². The Labute approximate surface area is 106 Å². The van der Waals surface area contributed by atoms with E-state index in [4.69, 9.17) is 11.6 Å². The summed E-state index contributed by atoms with van der Waals surface area (Å²) >= 11 is 5.97. The molecule has 0 amide bonds. The van der Waals surface area contributed by atoms with Gasteiger partial charge in [-0.05, 0) is 24.6 Å². The highest BCUT2D eigenvalue weighted by molar-refractivity contribution is 7.91. The van der Waals surface area contributed by atoms with Crippen LogP contribution in [0.4, 0.5) is 5.69 Å². The molecule has 17 heavy (non-hydrogen) atoms. The fourth-order valence-corrected chi connectivity index (χ4v) is 3.85. The van der Waals surface area contributed by atoms with E-state index in [1.807, 2.05) is 13.0 Å². The summed E-state index contributed by atoms with van der Waals surface area (Å²) in [5.74, 6) is -0.218. The molecule has 2 N–H and O–H groups in total. The lowest BCUT2D eigenvalue weighted by atomic mass is 10.1. The zero-order valence-corrected chi connectivity index (χ0v) is 10.9. The Kier molecular flexibility index (Phi) is 3.34. The van der Waals surface area contributed by atoms with E-state index in [9.17, 15) is 13.5 Å². The average Bonchev–Trinajstić information content (AvgIpc) is 2.47. The van der Waals surface area contributed by atoms with Crippen molar-refractivity contribution in [2.75, 3.05) is 16.8 Å². The molecule has 1 aliphatic heterocycles. The normalized spacial score (nSPS) is 27.0. The van der Waals surface area contributed by atoms with Crippen molar-refractivity contribution in [3.05, 3.63) is 28.8 Å². The highest BCUT2D eigenvalue weighted by atomic mass is 35.5. The molecule has 1 aliphatic rings. The van der Waals surface area contributed by atoms with Gasteiger partial charge in [-0.2, -0.15) is 0 Å². The van der Waals surface area contributed by atoms with Crippen molar-refractivity contribution in [3.8, 4) is 0 Å². The number of rotatable bonds is 2. The fourth-order valence-electron chi connectivity index (χ4n) is 1.93. The smallest absolute Gasteiger partial charge is 0.155 e. The number of nitrogens with one attached hydrogen (secondary N) is 1. The first-order chi connectivity index (χ1) is 7.89. The lowest BCUT2D eigenvalue weighted by Gasteiger charge is -2.18. The topological polar surface area (TPSA) is 66.4 Å². The highest BCUT2D eigenvalue weighted by Crippen LogP contribution is 2.25. The maximum atomic E-state index is 11.4. The Morgan fingerprint density at radius 1 is 1.41 bits per heavy atom. The molecule has 0 spiro atoms. The molecule has 1 aromatic rings. The van der Waals surface area contributed by atoms with E-state index in [1.165, 1.54) is 0 Å². The number of halogens is 1. The Balaban J connectivity index is 2.20. The monoisotopic (exact) mass is 275 g/mol. The summed E-state index contributed by atoms with van der Waals surface area (Å²) in [5.41, 5.74) is 1.62. The van der Waals surface area contributed by atoms with Crippen LogP contribution in [0.15, 0.2) is 18.2 Å². The minimum Gasteiger partial charge on any atom is -0.390 e. The molecule has 94 valence electrons. The number of aliphatic hydroxyl groups is 1. The number of sulfone groups is 1. The minimum absolute atomic E-state index is 0.0415. The molecule has 1 saturated heterocycles.